The number of anilines is 2. The number of hydrogen-bond acceptors (Lipinski definition) is 5. The van der Waals surface area contributed by atoms with Crippen molar-refractivity contribution in [3.63, 3.8) is 0 Å². The van der Waals surface area contributed by atoms with Crippen molar-refractivity contribution in [3.05, 3.63) is 60.6 Å². The number of nitrogens with two attached hydrogens (primary N) is 1. The van der Waals surface area contributed by atoms with Crippen LogP contribution in [0.3, 0.4) is 0 Å². The van der Waals surface area contributed by atoms with Gasteiger partial charge >= 0.3 is 6.03 Å². The summed E-state index contributed by atoms with van der Waals surface area (Å²) in [5.41, 5.74) is 6.74. The lowest BCUT2D eigenvalue weighted by atomic mass is 9.87. The molecule has 0 bridgehead atoms. The summed E-state index contributed by atoms with van der Waals surface area (Å²) in [7, 11) is 0. The van der Waals surface area contributed by atoms with Gasteiger partial charge < -0.3 is 15.0 Å². The van der Waals surface area contributed by atoms with Crippen molar-refractivity contribution >= 4 is 17.6 Å². The second-order valence-corrected chi connectivity index (χ2v) is 6.74. The molecule has 2 heterocycles. The molecule has 0 aliphatic carbocycles. The zero-order chi connectivity index (χ0) is 19.4. The van der Waals surface area contributed by atoms with Gasteiger partial charge in [-0.15, -0.1) is 0 Å². The minimum atomic E-state index is -0.658. The van der Waals surface area contributed by atoms with Gasteiger partial charge in [-0.3, -0.25) is 4.98 Å². The number of carbonyl (C=O) groups is 1. The smallest absolute Gasteiger partial charge is 0.326 e. The molecule has 0 atom stereocenters. The summed E-state index contributed by atoms with van der Waals surface area (Å²) < 4.78 is 11.1. The molecular weight excluding hydrogens is 344 g/mol. The highest BCUT2D eigenvalue weighted by molar-refractivity contribution is 5.97. The zero-order valence-corrected chi connectivity index (χ0v) is 15.5. The molecule has 0 unspecified atom stereocenters. The fourth-order valence-electron chi connectivity index (χ4n) is 2.44. The molecule has 2 amide bonds. The number of benzene rings is 1. The minimum Gasteiger partial charge on any atom is -0.457 e. The Morgan fingerprint density at radius 2 is 1.78 bits per heavy atom. The van der Waals surface area contributed by atoms with Crippen LogP contribution in [0.2, 0.25) is 0 Å². The van der Waals surface area contributed by atoms with Gasteiger partial charge in [-0.1, -0.05) is 25.9 Å². The van der Waals surface area contributed by atoms with Crippen molar-refractivity contribution in [2.24, 2.45) is 5.73 Å². The fraction of sp³-hybridized carbons (Fsp3) is 0.250. The van der Waals surface area contributed by atoms with Gasteiger partial charge in [-0.2, -0.15) is 0 Å². The lowest BCUT2D eigenvalue weighted by molar-refractivity contribution is 0.254. The van der Waals surface area contributed by atoms with Crippen LogP contribution in [0.4, 0.5) is 16.4 Å². The number of rotatable bonds is 6. The number of hydrogen-bond donors (Lipinski definition) is 1. The molecule has 3 aromatic rings. The third-order valence-electron chi connectivity index (χ3n) is 4.50. The molecule has 0 spiro atoms. The van der Waals surface area contributed by atoms with Crippen LogP contribution < -0.4 is 15.4 Å². The van der Waals surface area contributed by atoms with E-state index < -0.39 is 6.03 Å². The number of primary amides is 1. The van der Waals surface area contributed by atoms with Gasteiger partial charge in [0, 0.05) is 23.9 Å². The molecule has 1 aromatic carbocycles. The monoisotopic (exact) mass is 366 g/mol. The van der Waals surface area contributed by atoms with Crippen LogP contribution in [0.1, 0.15) is 32.9 Å². The molecule has 0 aliphatic heterocycles. The van der Waals surface area contributed by atoms with Gasteiger partial charge in [0.15, 0.2) is 0 Å². The average Bonchev–Trinajstić information content (AvgIpc) is 3.14. The van der Waals surface area contributed by atoms with E-state index in [9.17, 15) is 4.79 Å². The lowest BCUT2D eigenvalue weighted by Crippen LogP contribution is -2.31. The van der Waals surface area contributed by atoms with Crippen LogP contribution in [0, 0.1) is 0 Å². The first-order valence-corrected chi connectivity index (χ1v) is 8.65. The molecule has 0 radical (unpaired) electrons. The summed E-state index contributed by atoms with van der Waals surface area (Å²) >= 11 is 0. The minimum absolute atomic E-state index is 0.159. The molecule has 27 heavy (non-hydrogen) atoms. The molecule has 7 nitrogen and oxygen atoms in total. The van der Waals surface area contributed by atoms with Crippen molar-refractivity contribution < 1.29 is 14.1 Å². The van der Waals surface area contributed by atoms with Crippen molar-refractivity contribution in [1.82, 2.24) is 10.1 Å². The van der Waals surface area contributed by atoms with E-state index >= 15 is 0 Å². The Bertz CT molecular complexity index is 904. The van der Waals surface area contributed by atoms with Gasteiger partial charge in [0.2, 0.25) is 5.88 Å². The Morgan fingerprint density at radius 3 is 2.37 bits per heavy atom. The van der Waals surface area contributed by atoms with E-state index in [-0.39, 0.29) is 11.3 Å². The Balaban J connectivity index is 1.84. The predicted octanol–water partition coefficient (Wildman–Crippen LogP) is 4.77. The number of amides is 2. The molecule has 0 saturated heterocycles. The first-order chi connectivity index (χ1) is 12.9. The quantitative estimate of drug-likeness (QED) is 0.678. The molecule has 0 fully saturated rings. The Labute approximate surface area is 157 Å². The maximum Gasteiger partial charge on any atom is 0.326 e. The molecule has 0 saturated carbocycles. The summed E-state index contributed by atoms with van der Waals surface area (Å²) in [6.07, 6.45) is 4.19. The topological polar surface area (TPSA) is 94.5 Å². The molecule has 2 N–H and O–H groups in total. The second kappa shape index (κ2) is 7.49. The number of aromatic nitrogens is 2. The summed E-state index contributed by atoms with van der Waals surface area (Å²) in [6.45, 7) is 6.20. The van der Waals surface area contributed by atoms with E-state index in [1.54, 1.807) is 54.9 Å². The molecule has 0 aliphatic rings. The second-order valence-electron chi connectivity index (χ2n) is 6.74. The maximum atomic E-state index is 12.0. The van der Waals surface area contributed by atoms with Crippen molar-refractivity contribution in [3.8, 4) is 11.5 Å². The summed E-state index contributed by atoms with van der Waals surface area (Å²) in [5.74, 6) is 1.58. The first-order valence-electron chi connectivity index (χ1n) is 8.65. The summed E-state index contributed by atoms with van der Waals surface area (Å²) in [6, 6.07) is 11.6. The van der Waals surface area contributed by atoms with Gasteiger partial charge in [-0.25, -0.2) is 9.69 Å². The van der Waals surface area contributed by atoms with E-state index in [4.69, 9.17) is 15.0 Å². The van der Waals surface area contributed by atoms with Crippen LogP contribution in [-0.4, -0.2) is 16.2 Å². The number of urea groups is 1. The Kier molecular flexibility index (Phi) is 5.12. The Morgan fingerprint density at radius 1 is 1.15 bits per heavy atom. The highest BCUT2D eigenvalue weighted by Crippen LogP contribution is 2.33. The summed E-state index contributed by atoms with van der Waals surface area (Å²) in [5, 5.41) is 4.11. The number of pyridine rings is 1. The van der Waals surface area contributed by atoms with Crippen LogP contribution >= 0.6 is 0 Å². The van der Waals surface area contributed by atoms with Crippen LogP contribution in [0.5, 0.6) is 11.5 Å². The highest BCUT2D eigenvalue weighted by atomic mass is 16.5. The lowest BCUT2D eigenvalue weighted by Gasteiger charge is -2.19. The standard InChI is InChI=1S/C20H22N4O3/c1-4-20(2,3)17-13-18(27-23-17)24(19(21)25)14-5-7-15(8-6-14)26-16-9-11-22-12-10-16/h5-13H,4H2,1-3H3,(H2,21,25). The van der Waals surface area contributed by atoms with Gasteiger partial charge in [0.25, 0.3) is 0 Å². The number of carbonyl (C=O) groups excluding carboxylic acids is 1. The maximum absolute atomic E-state index is 12.0. The molecule has 7 heteroatoms. The van der Waals surface area contributed by atoms with Gasteiger partial charge in [0.1, 0.15) is 11.5 Å². The van der Waals surface area contributed by atoms with Crippen molar-refractivity contribution in [2.45, 2.75) is 32.6 Å². The molecule has 140 valence electrons. The van der Waals surface area contributed by atoms with E-state index in [0.29, 0.717) is 17.2 Å². The van der Waals surface area contributed by atoms with Crippen molar-refractivity contribution in [2.75, 3.05) is 4.90 Å². The van der Waals surface area contributed by atoms with Crippen LogP contribution in [-0.2, 0) is 5.41 Å². The normalized spacial score (nSPS) is 11.2. The van der Waals surface area contributed by atoms with E-state index in [2.05, 4.69) is 30.9 Å². The van der Waals surface area contributed by atoms with E-state index in [0.717, 1.165) is 12.1 Å². The SMILES string of the molecule is CCC(C)(C)c1cc(N(C(N)=O)c2ccc(Oc3ccncc3)cc2)on1. The zero-order valence-electron chi connectivity index (χ0n) is 15.5. The Hall–Kier alpha value is -3.35. The largest absolute Gasteiger partial charge is 0.457 e. The van der Waals surface area contributed by atoms with Crippen LogP contribution in [0.25, 0.3) is 0 Å². The van der Waals surface area contributed by atoms with E-state index in [1.807, 2.05) is 0 Å². The fourth-order valence-corrected chi connectivity index (χ4v) is 2.44. The summed E-state index contributed by atoms with van der Waals surface area (Å²) in [4.78, 5) is 17.3. The van der Waals surface area contributed by atoms with Crippen molar-refractivity contribution in [1.29, 1.82) is 0 Å². The third-order valence-corrected chi connectivity index (χ3v) is 4.50. The number of ether oxygens (including phenoxy) is 1. The van der Waals surface area contributed by atoms with Crippen LogP contribution in [0.15, 0.2) is 59.4 Å². The van der Waals surface area contributed by atoms with Gasteiger partial charge in [0.05, 0.1) is 11.4 Å². The molecule has 2 aromatic heterocycles. The first kappa shape index (κ1) is 18.4. The third kappa shape index (κ3) is 4.08. The molecular formula is C20H22N4O3. The average molecular weight is 366 g/mol. The highest BCUT2D eigenvalue weighted by Gasteiger charge is 2.26. The predicted molar refractivity (Wildman–Crippen MR) is 102 cm³/mol. The van der Waals surface area contributed by atoms with Gasteiger partial charge in [-0.05, 0) is 42.8 Å². The molecule has 3 rings (SSSR count). The number of nitrogens with zero attached hydrogens (tertiary/aromatic N) is 3. The van der Waals surface area contributed by atoms with E-state index in [1.165, 1.54) is 4.90 Å².